The highest BCUT2D eigenvalue weighted by Gasteiger charge is 2.18. The van der Waals surface area contributed by atoms with Crippen LogP contribution in [0.3, 0.4) is 0 Å². The second kappa shape index (κ2) is 13.0. The molecule has 0 aromatic carbocycles. The maximum atomic E-state index is 2.41. The molecule has 0 rings (SSSR count). The highest BCUT2D eigenvalue weighted by Crippen LogP contribution is 2.31. The van der Waals surface area contributed by atoms with Gasteiger partial charge in [0.05, 0.1) is 0 Å². The van der Waals surface area contributed by atoms with Crippen molar-refractivity contribution in [2.24, 2.45) is 17.8 Å². The lowest BCUT2D eigenvalue weighted by atomic mass is 9.80. The molecule has 0 N–H and O–H groups in total. The molecular formula is C19H40. The summed E-state index contributed by atoms with van der Waals surface area (Å²) in [5.41, 5.74) is 0. The predicted molar refractivity (Wildman–Crippen MR) is 89.6 cm³/mol. The van der Waals surface area contributed by atoms with Gasteiger partial charge in [0.1, 0.15) is 0 Å². The zero-order valence-corrected chi connectivity index (χ0v) is 14.5. The molecule has 0 heterocycles. The van der Waals surface area contributed by atoms with Crippen LogP contribution in [0, 0.1) is 17.8 Å². The summed E-state index contributed by atoms with van der Waals surface area (Å²) in [6, 6.07) is 0. The summed E-state index contributed by atoms with van der Waals surface area (Å²) >= 11 is 0. The average Bonchev–Trinajstić information content (AvgIpc) is 2.39. The Morgan fingerprint density at radius 3 is 1.00 bits per heavy atom. The van der Waals surface area contributed by atoms with Gasteiger partial charge in [0, 0.05) is 0 Å². The van der Waals surface area contributed by atoms with Crippen LogP contribution < -0.4 is 0 Å². The van der Waals surface area contributed by atoms with Crippen LogP contribution >= 0.6 is 0 Å². The number of rotatable bonds is 13. The van der Waals surface area contributed by atoms with Crippen molar-refractivity contribution in [1.82, 2.24) is 0 Å². The summed E-state index contributed by atoms with van der Waals surface area (Å²) in [6.45, 7) is 11.8. The Hall–Kier alpha value is 0. The Labute approximate surface area is 123 Å². The van der Waals surface area contributed by atoms with Gasteiger partial charge in [-0.2, -0.15) is 0 Å². The first-order valence-electron chi connectivity index (χ1n) is 9.21. The standard InChI is InChI=1S/C19H40/c1-6-11-18(12-7-2)15-17(10-5)16-19(13-8-3)14-9-4/h17-19H,6-16H2,1-5H3. The van der Waals surface area contributed by atoms with E-state index in [9.17, 15) is 0 Å². The maximum absolute atomic E-state index is 2.41. The van der Waals surface area contributed by atoms with Crippen molar-refractivity contribution >= 4 is 0 Å². The third-order valence-corrected chi connectivity index (χ3v) is 4.70. The van der Waals surface area contributed by atoms with E-state index in [1.54, 1.807) is 0 Å². The van der Waals surface area contributed by atoms with Crippen LogP contribution in [0.4, 0.5) is 0 Å². The zero-order valence-electron chi connectivity index (χ0n) is 14.5. The molecule has 0 spiro atoms. The molecule has 0 saturated carbocycles. The van der Waals surface area contributed by atoms with E-state index >= 15 is 0 Å². The third kappa shape index (κ3) is 9.52. The maximum Gasteiger partial charge on any atom is -0.0412 e. The lowest BCUT2D eigenvalue weighted by Gasteiger charge is -2.26. The topological polar surface area (TPSA) is 0 Å². The fraction of sp³-hybridized carbons (Fsp3) is 1.00. The Morgan fingerprint density at radius 2 is 0.789 bits per heavy atom. The van der Waals surface area contributed by atoms with E-state index in [0.717, 1.165) is 17.8 Å². The fourth-order valence-electron chi connectivity index (χ4n) is 3.77. The summed E-state index contributed by atoms with van der Waals surface area (Å²) in [5.74, 6) is 3.00. The van der Waals surface area contributed by atoms with Gasteiger partial charge in [0.25, 0.3) is 0 Å². The molecule has 0 aliphatic carbocycles. The lowest BCUT2D eigenvalue weighted by Crippen LogP contribution is -2.13. The van der Waals surface area contributed by atoms with E-state index in [1.807, 2.05) is 0 Å². The average molecular weight is 269 g/mol. The predicted octanol–water partition coefficient (Wildman–Crippen LogP) is 7.23. The molecule has 0 atom stereocenters. The van der Waals surface area contributed by atoms with Crippen molar-refractivity contribution in [3.05, 3.63) is 0 Å². The molecule has 0 fully saturated rings. The van der Waals surface area contributed by atoms with E-state index in [4.69, 9.17) is 0 Å². The van der Waals surface area contributed by atoms with Crippen molar-refractivity contribution in [2.45, 2.75) is 105 Å². The molecule has 0 saturated heterocycles. The Bertz CT molecular complexity index is 143. The van der Waals surface area contributed by atoms with Crippen LogP contribution in [-0.2, 0) is 0 Å². The molecule has 0 amide bonds. The molecule has 116 valence electrons. The number of hydrogen-bond donors (Lipinski definition) is 0. The molecule has 0 heteroatoms. The van der Waals surface area contributed by atoms with Crippen molar-refractivity contribution < 1.29 is 0 Å². The van der Waals surface area contributed by atoms with Gasteiger partial charge in [-0.25, -0.2) is 0 Å². The molecule has 0 aliphatic rings. The molecule has 0 radical (unpaired) electrons. The first-order valence-corrected chi connectivity index (χ1v) is 9.21. The highest BCUT2D eigenvalue weighted by molar-refractivity contribution is 4.70. The van der Waals surface area contributed by atoms with E-state index in [0.29, 0.717) is 0 Å². The van der Waals surface area contributed by atoms with E-state index in [-0.39, 0.29) is 0 Å². The Balaban J connectivity index is 4.27. The van der Waals surface area contributed by atoms with Gasteiger partial charge in [0.15, 0.2) is 0 Å². The minimum atomic E-state index is 0.992. The molecule has 19 heavy (non-hydrogen) atoms. The minimum absolute atomic E-state index is 0.992. The van der Waals surface area contributed by atoms with Crippen LogP contribution in [-0.4, -0.2) is 0 Å². The Morgan fingerprint density at radius 1 is 0.474 bits per heavy atom. The van der Waals surface area contributed by atoms with Crippen LogP contribution in [0.1, 0.15) is 105 Å². The first-order chi connectivity index (χ1) is 9.21. The van der Waals surface area contributed by atoms with Crippen molar-refractivity contribution in [2.75, 3.05) is 0 Å². The van der Waals surface area contributed by atoms with Gasteiger partial charge in [0.2, 0.25) is 0 Å². The highest BCUT2D eigenvalue weighted by atomic mass is 14.2. The van der Waals surface area contributed by atoms with Crippen LogP contribution in [0.15, 0.2) is 0 Å². The molecule has 0 nitrogen and oxygen atoms in total. The Kier molecular flexibility index (Phi) is 13.0. The molecule has 0 aromatic rings. The second-order valence-electron chi connectivity index (χ2n) is 6.63. The molecule has 0 aromatic heterocycles. The monoisotopic (exact) mass is 268 g/mol. The lowest BCUT2D eigenvalue weighted by molar-refractivity contribution is 0.260. The molecule has 0 bridgehead atoms. The van der Waals surface area contributed by atoms with Gasteiger partial charge in [-0.1, -0.05) is 92.4 Å². The fourth-order valence-corrected chi connectivity index (χ4v) is 3.77. The minimum Gasteiger partial charge on any atom is -0.0654 e. The van der Waals surface area contributed by atoms with Gasteiger partial charge in [-0.05, 0) is 30.6 Å². The SMILES string of the molecule is CCCC(CCC)CC(CC)CC(CCC)CCC. The summed E-state index contributed by atoms with van der Waals surface area (Å²) < 4.78 is 0. The summed E-state index contributed by atoms with van der Waals surface area (Å²) in [5, 5.41) is 0. The third-order valence-electron chi connectivity index (χ3n) is 4.70. The van der Waals surface area contributed by atoms with Crippen molar-refractivity contribution in [3.8, 4) is 0 Å². The van der Waals surface area contributed by atoms with Crippen LogP contribution in [0.25, 0.3) is 0 Å². The van der Waals surface area contributed by atoms with Gasteiger partial charge in [-0.3, -0.25) is 0 Å². The second-order valence-corrected chi connectivity index (χ2v) is 6.63. The summed E-state index contributed by atoms with van der Waals surface area (Å²) in [4.78, 5) is 0. The van der Waals surface area contributed by atoms with E-state index < -0.39 is 0 Å². The normalized spacial score (nSPS) is 12.0. The summed E-state index contributed by atoms with van der Waals surface area (Å²) in [7, 11) is 0. The molecular weight excluding hydrogens is 228 g/mol. The van der Waals surface area contributed by atoms with Crippen molar-refractivity contribution in [3.63, 3.8) is 0 Å². The van der Waals surface area contributed by atoms with Gasteiger partial charge >= 0.3 is 0 Å². The smallest absolute Gasteiger partial charge is 0.0412 e. The summed E-state index contributed by atoms with van der Waals surface area (Å²) in [6.07, 6.45) is 15.7. The van der Waals surface area contributed by atoms with Crippen LogP contribution in [0.5, 0.6) is 0 Å². The molecule has 0 aliphatic heterocycles. The van der Waals surface area contributed by atoms with E-state index in [2.05, 4.69) is 34.6 Å². The van der Waals surface area contributed by atoms with Crippen molar-refractivity contribution in [1.29, 1.82) is 0 Å². The van der Waals surface area contributed by atoms with Crippen LogP contribution in [0.2, 0.25) is 0 Å². The molecule has 0 unspecified atom stereocenters. The first kappa shape index (κ1) is 19.0. The quantitative estimate of drug-likeness (QED) is 0.330. The van der Waals surface area contributed by atoms with Gasteiger partial charge in [-0.15, -0.1) is 0 Å². The van der Waals surface area contributed by atoms with E-state index in [1.165, 1.54) is 70.6 Å². The largest absolute Gasteiger partial charge is 0.0654 e. The number of hydrogen-bond acceptors (Lipinski definition) is 0. The van der Waals surface area contributed by atoms with Gasteiger partial charge < -0.3 is 0 Å². The zero-order chi connectivity index (χ0) is 14.5.